The number of alkyl halides is 3. The third-order valence-electron chi connectivity index (χ3n) is 2.90. The summed E-state index contributed by atoms with van der Waals surface area (Å²) in [5, 5.41) is 0. The maximum absolute atomic E-state index is 12.1. The first-order chi connectivity index (χ1) is 8.90. The van der Waals surface area contributed by atoms with Crippen molar-refractivity contribution >= 4 is 5.97 Å². The van der Waals surface area contributed by atoms with Crippen LogP contribution in [0.1, 0.15) is 24.8 Å². The SMILES string of the molecule is CCOC(=O)[C@H]1C[C@@H]1c1cccc(OC(F)(F)F)c1. The van der Waals surface area contributed by atoms with E-state index in [0.717, 1.165) is 0 Å². The molecule has 1 aliphatic rings. The van der Waals surface area contributed by atoms with E-state index in [4.69, 9.17) is 4.74 Å². The van der Waals surface area contributed by atoms with Crippen molar-refractivity contribution in [1.82, 2.24) is 0 Å². The van der Waals surface area contributed by atoms with Crippen LogP contribution in [-0.2, 0) is 9.53 Å². The van der Waals surface area contributed by atoms with Gasteiger partial charge in [0.05, 0.1) is 12.5 Å². The molecule has 1 aromatic rings. The third-order valence-corrected chi connectivity index (χ3v) is 2.90. The Morgan fingerprint density at radius 1 is 1.42 bits per heavy atom. The predicted octanol–water partition coefficient (Wildman–Crippen LogP) is 3.25. The maximum Gasteiger partial charge on any atom is 0.573 e. The number of hydrogen-bond donors (Lipinski definition) is 0. The molecule has 2 rings (SSSR count). The van der Waals surface area contributed by atoms with E-state index in [2.05, 4.69) is 4.74 Å². The lowest BCUT2D eigenvalue weighted by Crippen LogP contribution is -2.17. The number of hydrogen-bond acceptors (Lipinski definition) is 3. The van der Waals surface area contributed by atoms with E-state index in [1.54, 1.807) is 13.0 Å². The molecule has 0 saturated heterocycles. The van der Waals surface area contributed by atoms with Gasteiger partial charge in [0, 0.05) is 0 Å². The average molecular weight is 274 g/mol. The van der Waals surface area contributed by atoms with Gasteiger partial charge in [-0.2, -0.15) is 0 Å². The van der Waals surface area contributed by atoms with E-state index in [1.165, 1.54) is 18.2 Å². The molecular formula is C13H13F3O3. The lowest BCUT2D eigenvalue weighted by atomic mass is 10.1. The zero-order valence-corrected chi connectivity index (χ0v) is 10.2. The smallest absolute Gasteiger partial charge is 0.466 e. The molecule has 3 nitrogen and oxygen atoms in total. The zero-order chi connectivity index (χ0) is 14.0. The van der Waals surface area contributed by atoms with E-state index >= 15 is 0 Å². The second-order valence-electron chi connectivity index (χ2n) is 4.32. The highest BCUT2D eigenvalue weighted by atomic mass is 19.4. The Labute approximate surface area is 108 Å². The van der Waals surface area contributed by atoms with E-state index in [9.17, 15) is 18.0 Å². The summed E-state index contributed by atoms with van der Waals surface area (Å²) in [6, 6.07) is 5.72. The third kappa shape index (κ3) is 3.62. The van der Waals surface area contributed by atoms with E-state index in [1.807, 2.05) is 0 Å². The van der Waals surface area contributed by atoms with Crippen LogP contribution in [0.5, 0.6) is 5.75 Å². The largest absolute Gasteiger partial charge is 0.573 e. The first-order valence-electron chi connectivity index (χ1n) is 5.93. The number of ether oxygens (including phenoxy) is 2. The van der Waals surface area contributed by atoms with Gasteiger partial charge >= 0.3 is 12.3 Å². The van der Waals surface area contributed by atoms with Crippen LogP contribution in [0.25, 0.3) is 0 Å². The molecule has 104 valence electrons. The van der Waals surface area contributed by atoms with Crippen LogP contribution in [0.2, 0.25) is 0 Å². The molecule has 1 saturated carbocycles. The molecule has 0 heterocycles. The molecule has 0 aromatic heterocycles. The number of carbonyl (C=O) groups excluding carboxylic acids is 1. The number of benzene rings is 1. The van der Waals surface area contributed by atoms with Gasteiger partial charge in [0.1, 0.15) is 5.75 Å². The fraction of sp³-hybridized carbons (Fsp3) is 0.462. The second kappa shape index (κ2) is 5.11. The van der Waals surface area contributed by atoms with Crippen molar-refractivity contribution in [2.24, 2.45) is 5.92 Å². The minimum Gasteiger partial charge on any atom is -0.466 e. The van der Waals surface area contributed by atoms with Gasteiger partial charge in [0.2, 0.25) is 0 Å². The van der Waals surface area contributed by atoms with E-state index in [0.29, 0.717) is 18.6 Å². The second-order valence-corrected chi connectivity index (χ2v) is 4.32. The Hall–Kier alpha value is -1.72. The lowest BCUT2D eigenvalue weighted by molar-refractivity contribution is -0.274. The van der Waals surface area contributed by atoms with Crippen molar-refractivity contribution in [1.29, 1.82) is 0 Å². The van der Waals surface area contributed by atoms with Crippen LogP contribution in [0.4, 0.5) is 13.2 Å². The number of carbonyl (C=O) groups is 1. The summed E-state index contributed by atoms with van der Waals surface area (Å²) in [5.74, 6) is -0.883. The molecule has 2 atom stereocenters. The van der Waals surface area contributed by atoms with Crippen LogP contribution in [0.3, 0.4) is 0 Å². The molecule has 0 spiro atoms. The normalized spacial score (nSPS) is 21.9. The Morgan fingerprint density at radius 2 is 2.16 bits per heavy atom. The van der Waals surface area contributed by atoms with Crippen molar-refractivity contribution in [2.75, 3.05) is 6.61 Å². The molecule has 0 amide bonds. The molecule has 1 aliphatic carbocycles. The summed E-state index contributed by atoms with van der Waals surface area (Å²) in [6.45, 7) is 2.02. The Bertz CT molecular complexity index is 470. The van der Waals surface area contributed by atoms with Crippen molar-refractivity contribution in [3.8, 4) is 5.75 Å². The highest BCUT2D eigenvalue weighted by Crippen LogP contribution is 2.48. The Balaban J connectivity index is 2.03. The maximum atomic E-state index is 12.1. The van der Waals surface area contributed by atoms with Crippen LogP contribution in [0.15, 0.2) is 24.3 Å². The standard InChI is InChI=1S/C13H13F3O3/c1-2-18-12(17)11-7-10(11)8-4-3-5-9(6-8)19-13(14,15)16/h3-6,10-11H,2,7H2,1H3/t10-,11+/m1/s1. The summed E-state index contributed by atoms with van der Waals surface area (Å²) >= 11 is 0. The minimum atomic E-state index is -4.71. The Morgan fingerprint density at radius 3 is 2.79 bits per heavy atom. The van der Waals surface area contributed by atoms with E-state index < -0.39 is 6.36 Å². The van der Waals surface area contributed by atoms with Gasteiger partial charge in [-0.1, -0.05) is 12.1 Å². The highest BCUT2D eigenvalue weighted by molar-refractivity contribution is 5.77. The van der Waals surface area contributed by atoms with Gasteiger partial charge in [-0.25, -0.2) is 0 Å². The fourth-order valence-corrected chi connectivity index (χ4v) is 2.02. The summed E-state index contributed by atoms with van der Waals surface area (Å²) in [4.78, 5) is 11.5. The summed E-state index contributed by atoms with van der Waals surface area (Å²) in [7, 11) is 0. The molecule has 0 aliphatic heterocycles. The molecule has 0 N–H and O–H groups in total. The fourth-order valence-electron chi connectivity index (χ4n) is 2.02. The van der Waals surface area contributed by atoms with Crippen molar-refractivity contribution in [2.45, 2.75) is 25.6 Å². The quantitative estimate of drug-likeness (QED) is 0.791. The highest BCUT2D eigenvalue weighted by Gasteiger charge is 2.45. The van der Waals surface area contributed by atoms with Crippen molar-refractivity contribution in [3.05, 3.63) is 29.8 Å². The number of halogens is 3. The van der Waals surface area contributed by atoms with Crippen LogP contribution < -0.4 is 4.74 Å². The average Bonchev–Trinajstić information content (AvgIpc) is 3.07. The number of rotatable bonds is 4. The molecule has 0 unspecified atom stereocenters. The molecule has 1 aromatic carbocycles. The lowest BCUT2D eigenvalue weighted by Gasteiger charge is -2.09. The molecule has 19 heavy (non-hydrogen) atoms. The van der Waals surface area contributed by atoms with Gasteiger partial charge in [0.15, 0.2) is 0 Å². The molecule has 0 bridgehead atoms. The summed E-state index contributed by atoms with van der Waals surface area (Å²) < 4.78 is 45.0. The molecular weight excluding hydrogens is 261 g/mol. The van der Waals surface area contributed by atoms with Gasteiger partial charge < -0.3 is 9.47 Å². The molecule has 0 radical (unpaired) electrons. The Kier molecular flexibility index (Phi) is 3.68. The van der Waals surface area contributed by atoms with Crippen LogP contribution in [-0.4, -0.2) is 18.9 Å². The van der Waals surface area contributed by atoms with Crippen LogP contribution in [0, 0.1) is 5.92 Å². The monoisotopic (exact) mass is 274 g/mol. The molecule has 6 heteroatoms. The van der Waals surface area contributed by atoms with Crippen LogP contribution >= 0.6 is 0 Å². The minimum absolute atomic E-state index is 0.0733. The number of esters is 1. The van der Waals surface area contributed by atoms with Gasteiger partial charge in [-0.05, 0) is 37.0 Å². The van der Waals surface area contributed by atoms with Gasteiger partial charge in [-0.15, -0.1) is 13.2 Å². The van der Waals surface area contributed by atoms with Gasteiger partial charge in [-0.3, -0.25) is 4.79 Å². The van der Waals surface area contributed by atoms with Gasteiger partial charge in [0.25, 0.3) is 0 Å². The summed E-state index contributed by atoms with van der Waals surface area (Å²) in [6.07, 6.45) is -4.10. The van der Waals surface area contributed by atoms with E-state index in [-0.39, 0.29) is 23.6 Å². The first-order valence-corrected chi connectivity index (χ1v) is 5.93. The summed E-state index contributed by atoms with van der Waals surface area (Å²) in [5.41, 5.74) is 0.666. The molecule has 1 fully saturated rings. The topological polar surface area (TPSA) is 35.5 Å². The first kappa shape index (κ1) is 13.7. The van der Waals surface area contributed by atoms with Crippen molar-refractivity contribution in [3.63, 3.8) is 0 Å². The predicted molar refractivity (Wildman–Crippen MR) is 60.6 cm³/mol. The zero-order valence-electron chi connectivity index (χ0n) is 10.2. The van der Waals surface area contributed by atoms with Crippen molar-refractivity contribution < 1.29 is 27.4 Å².